The quantitative estimate of drug-likeness (QED) is 0.482. The van der Waals surface area contributed by atoms with Gasteiger partial charge in [-0.3, -0.25) is 9.59 Å². The van der Waals surface area contributed by atoms with E-state index in [0.29, 0.717) is 6.42 Å². The van der Waals surface area contributed by atoms with E-state index in [-0.39, 0.29) is 43.2 Å². The molecule has 0 spiro atoms. The molecule has 0 saturated heterocycles. The van der Waals surface area contributed by atoms with Crippen LogP contribution < -0.4 is 10.6 Å². The number of ether oxygens (including phenoxy) is 1. The summed E-state index contributed by atoms with van der Waals surface area (Å²) in [6, 6.07) is 15.6. The van der Waals surface area contributed by atoms with Crippen molar-refractivity contribution in [1.82, 2.24) is 10.6 Å². The summed E-state index contributed by atoms with van der Waals surface area (Å²) >= 11 is 0. The molecule has 1 fully saturated rings. The molecular weight excluding hydrogens is 432 g/mol. The third kappa shape index (κ3) is 5.41. The van der Waals surface area contributed by atoms with Crippen LogP contribution in [-0.2, 0) is 14.3 Å². The highest BCUT2D eigenvalue weighted by Gasteiger charge is 2.33. The van der Waals surface area contributed by atoms with E-state index in [4.69, 9.17) is 9.84 Å². The molecular formula is C27H32N2O5. The van der Waals surface area contributed by atoms with Crippen LogP contribution in [0, 0.1) is 5.92 Å². The molecule has 7 nitrogen and oxygen atoms in total. The van der Waals surface area contributed by atoms with Gasteiger partial charge in [-0.05, 0) is 47.4 Å². The molecule has 180 valence electrons. The third-order valence-electron chi connectivity index (χ3n) is 7.05. The minimum Gasteiger partial charge on any atom is -0.481 e. The van der Waals surface area contributed by atoms with Crippen molar-refractivity contribution in [3.05, 3.63) is 59.7 Å². The number of nitrogens with one attached hydrogen (secondary N) is 2. The Labute approximate surface area is 199 Å². The minimum atomic E-state index is -0.945. The molecule has 0 bridgehead atoms. The second-order valence-electron chi connectivity index (χ2n) is 9.24. The lowest BCUT2D eigenvalue weighted by Crippen LogP contribution is -2.47. The van der Waals surface area contributed by atoms with Crippen molar-refractivity contribution in [1.29, 1.82) is 0 Å². The first-order valence-corrected chi connectivity index (χ1v) is 12.1. The smallest absolute Gasteiger partial charge is 0.407 e. The number of hydrogen-bond donors (Lipinski definition) is 3. The molecule has 0 heterocycles. The first-order chi connectivity index (χ1) is 16.5. The lowest BCUT2D eigenvalue weighted by atomic mass is 9.78. The van der Waals surface area contributed by atoms with E-state index in [9.17, 15) is 14.4 Å². The Morgan fingerprint density at radius 3 is 2.12 bits per heavy atom. The Balaban J connectivity index is 1.36. The lowest BCUT2D eigenvalue weighted by molar-refractivity contribution is -0.137. The van der Waals surface area contributed by atoms with Gasteiger partial charge in [-0.25, -0.2) is 4.79 Å². The maximum atomic E-state index is 12.7. The van der Waals surface area contributed by atoms with Crippen molar-refractivity contribution in [3.8, 4) is 11.1 Å². The number of benzene rings is 2. The number of fused-ring (bicyclic) bond motifs is 3. The van der Waals surface area contributed by atoms with E-state index >= 15 is 0 Å². The second kappa shape index (κ2) is 10.7. The van der Waals surface area contributed by atoms with Crippen molar-refractivity contribution < 1.29 is 24.2 Å². The number of amides is 2. The van der Waals surface area contributed by atoms with Gasteiger partial charge in [0.25, 0.3) is 0 Å². The molecule has 0 aliphatic heterocycles. The van der Waals surface area contributed by atoms with E-state index in [0.717, 1.165) is 30.4 Å². The Kier molecular flexibility index (Phi) is 7.50. The summed E-state index contributed by atoms with van der Waals surface area (Å²) in [6.45, 7) is 2.06. The molecule has 3 N–H and O–H groups in total. The summed E-state index contributed by atoms with van der Waals surface area (Å²) in [5.74, 6) is -0.987. The number of aliphatic carboxylic acids is 1. The van der Waals surface area contributed by atoms with Gasteiger partial charge in [0.2, 0.25) is 5.91 Å². The zero-order valence-electron chi connectivity index (χ0n) is 19.5. The van der Waals surface area contributed by atoms with Crippen LogP contribution in [0.4, 0.5) is 4.79 Å². The molecule has 7 heteroatoms. The summed E-state index contributed by atoms with van der Waals surface area (Å²) in [6.07, 6.45) is 2.99. The number of alkyl carbamates (subject to hydrolysis) is 1. The highest BCUT2D eigenvalue weighted by atomic mass is 16.5. The Bertz CT molecular complexity index is 1000. The fraction of sp³-hybridized carbons (Fsp3) is 0.444. The first kappa shape index (κ1) is 23.8. The van der Waals surface area contributed by atoms with Crippen LogP contribution in [0.5, 0.6) is 0 Å². The predicted octanol–water partition coefficient (Wildman–Crippen LogP) is 4.45. The molecule has 2 aromatic rings. The van der Waals surface area contributed by atoms with Crippen molar-refractivity contribution in [2.24, 2.45) is 5.92 Å². The maximum absolute atomic E-state index is 12.7. The van der Waals surface area contributed by atoms with Crippen LogP contribution in [0.3, 0.4) is 0 Å². The molecule has 2 aliphatic rings. The van der Waals surface area contributed by atoms with Gasteiger partial charge >= 0.3 is 12.1 Å². The molecule has 2 aromatic carbocycles. The molecule has 2 amide bonds. The maximum Gasteiger partial charge on any atom is 0.407 e. The second-order valence-corrected chi connectivity index (χ2v) is 9.24. The zero-order valence-corrected chi connectivity index (χ0v) is 19.5. The fourth-order valence-corrected chi connectivity index (χ4v) is 4.96. The summed E-state index contributed by atoms with van der Waals surface area (Å²) in [5, 5.41) is 14.7. The SMILES string of the molecule is CCC(CC(=O)O)NC(=O)CC(NC(=O)OCC1c2ccccc2-c2ccccc21)C1CCC1. The van der Waals surface area contributed by atoms with Gasteiger partial charge in [-0.1, -0.05) is 61.9 Å². The van der Waals surface area contributed by atoms with Gasteiger partial charge in [0, 0.05) is 24.4 Å². The number of hydrogen-bond acceptors (Lipinski definition) is 4. The molecule has 1 saturated carbocycles. The summed E-state index contributed by atoms with van der Waals surface area (Å²) < 4.78 is 5.67. The van der Waals surface area contributed by atoms with Crippen molar-refractivity contribution in [2.75, 3.05) is 6.61 Å². The largest absolute Gasteiger partial charge is 0.481 e. The van der Waals surface area contributed by atoms with Gasteiger partial charge in [0.15, 0.2) is 0 Å². The number of carbonyl (C=O) groups is 3. The average Bonchev–Trinajstić information content (AvgIpc) is 3.09. The highest BCUT2D eigenvalue weighted by Crippen LogP contribution is 2.44. The van der Waals surface area contributed by atoms with Crippen LogP contribution in [0.25, 0.3) is 11.1 Å². The van der Waals surface area contributed by atoms with Gasteiger partial charge in [0.05, 0.1) is 6.42 Å². The zero-order chi connectivity index (χ0) is 24.1. The van der Waals surface area contributed by atoms with Crippen LogP contribution in [0.15, 0.2) is 48.5 Å². The minimum absolute atomic E-state index is 0.0232. The van der Waals surface area contributed by atoms with E-state index in [2.05, 4.69) is 34.9 Å². The number of carboxylic acid groups (broad SMARTS) is 1. The predicted molar refractivity (Wildman–Crippen MR) is 128 cm³/mol. The van der Waals surface area contributed by atoms with Crippen LogP contribution in [0.1, 0.15) is 62.5 Å². The molecule has 2 atom stereocenters. The van der Waals surface area contributed by atoms with E-state index in [1.165, 1.54) is 11.1 Å². The van der Waals surface area contributed by atoms with Crippen molar-refractivity contribution >= 4 is 18.0 Å². The normalized spacial score (nSPS) is 16.5. The summed E-state index contributed by atoms with van der Waals surface area (Å²) in [7, 11) is 0. The standard InChI is InChI=1S/C27H32N2O5/c1-2-18(14-26(31)32)28-25(30)15-24(17-8-7-9-17)29-27(33)34-16-23-21-12-5-3-10-19(21)20-11-4-6-13-22(20)23/h3-6,10-13,17-18,23-24H,2,7-9,14-16H2,1H3,(H,28,30)(H,29,33)(H,31,32). The average molecular weight is 465 g/mol. The van der Waals surface area contributed by atoms with Gasteiger partial charge in [0.1, 0.15) is 6.61 Å². The van der Waals surface area contributed by atoms with E-state index < -0.39 is 18.1 Å². The topological polar surface area (TPSA) is 105 Å². The number of rotatable bonds is 10. The number of carbonyl (C=O) groups excluding carboxylic acids is 2. The van der Waals surface area contributed by atoms with Gasteiger partial charge in [-0.2, -0.15) is 0 Å². The molecule has 2 aliphatic carbocycles. The van der Waals surface area contributed by atoms with Crippen LogP contribution in [0.2, 0.25) is 0 Å². The van der Waals surface area contributed by atoms with Crippen molar-refractivity contribution in [3.63, 3.8) is 0 Å². The van der Waals surface area contributed by atoms with Gasteiger partial charge in [-0.15, -0.1) is 0 Å². The Morgan fingerprint density at radius 1 is 0.971 bits per heavy atom. The third-order valence-corrected chi connectivity index (χ3v) is 7.05. The molecule has 0 radical (unpaired) electrons. The van der Waals surface area contributed by atoms with E-state index in [1.54, 1.807) is 0 Å². The summed E-state index contributed by atoms with van der Waals surface area (Å²) in [5.41, 5.74) is 4.64. The van der Waals surface area contributed by atoms with Crippen LogP contribution >= 0.6 is 0 Å². The van der Waals surface area contributed by atoms with E-state index in [1.807, 2.05) is 31.2 Å². The fourth-order valence-electron chi connectivity index (χ4n) is 4.96. The highest BCUT2D eigenvalue weighted by molar-refractivity contribution is 5.80. The Hall–Kier alpha value is -3.35. The molecule has 34 heavy (non-hydrogen) atoms. The van der Waals surface area contributed by atoms with Crippen LogP contribution in [-0.4, -0.2) is 41.8 Å². The lowest BCUT2D eigenvalue weighted by Gasteiger charge is -2.34. The van der Waals surface area contributed by atoms with Gasteiger partial charge < -0.3 is 20.5 Å². The monoisotopic (exact) mass is 464 g/mol. The molecule has 2 unspecified atom stereocenters. The summed E-state index contributed by atoms with van der Waals surface area (Å²) in [4.78, 5) is 36.3. The van der Waals surface area contributed by atoms with Crippen molar-refractivity contribution in [2.45, 2.75) is 63.5 Å². The number of carboxylic acids is 1. The molecule has 4 rings (SSSR count). The first-order valence-electron chi connectivity index (χ1n) is 12.1. The Morgan fingerprint density at radius 2 is 1.59 bits per heavy atom. The molecule has 0 aromatic heterocycles.